The van der Waals surface area contributed by atoms with Crippen LogP contribution in [0.5, 0.6) is 5.75 Å². The molecule has 0 fully saturated rings. The van der Waals surface area contributed by atoms with E-state index in [9.17, 15) is 0 Å². The van der Waals surface area contributed by atoms with Crippen LogP contribution in [0.4, 0.5) is 17.3 Å². The van der Waals surface area contributed by atoms with Gasteiger partial charge in [0.2, 0.25) is 5.95 Å². The maximum absolute atomic E-state index is 7.32. The van der Waals surface area contributed by atoms with E-state index in [1.54, 1.807) is 31.5 Å². The molecular formula is C16H14BrN7O. The summed E-state index contributed by atoms with van der Waals surface area (Å²) in [7, 11) is 1.54. The Morgan fingerprint density at radius 3 is 2.84 bits per heavy atom. The zero-order valence-corrected chi connectivity index (χ0v) is 14.8. The van der Waals surface area contributed by atoms with E-state index in [2.05, 4.69) is 36.4 Å². The van der Waals surface area contributed by atoms with Crippen molar-refractivity contribution in [3.05, 3.63) is 47.1 Å². The minimum atomic E-state index is 0.429. The quantitative estimate of drug-likeness (QED) is 0.244. The van der Waals surface area contributed by atoms with Crippen molar-refractivity contribution in [1.29, 1.82) is 10.9 Å². The highest BCUT2D eigenvalue weighted by atomic mass is 79.9. The highest BCUT2D eigenvalue weighted by molar-refractivity contribution is 9.10. The van der Waals surface area contributed by atoms with Gasteiger partial charge < -0.3 is 10.1 Å². The molecule has 3 N–H and O–H groups in total. The lowest BCUT2D eigenvalue weighted by molar-refractivity contribution is 0.415. The molecule has 2 aromatic carbocycles. The standard InChI is InChI=1S/C16H14BrN7O/c1-25-14-6-12(5-13(7-14)24(9-18)23-19)21-16-20-8-10-4-11(17)2-3-15(10)22-16/h2-9,18-19H,1H3,(H,20,21,22). The molecule has 3 rings (SSSR count). The SMILES string of the molecule is COc1cc(Nc2ncc3cc(Br)ccc3n2)cc(N(C=N)N=N)c1. The minimum absolute atomic E-state index is 0.429. The summed E-state index contributed by atoms with van der Waals surface area (Å²) in [6, 6.07) is 10.9. The molecule has 0 atom stereocenters. The van der Waals surface area contributed by atoms with Crippen LogP contribution in [-0.4, -0.2) is 23.4 Å². The molecule has 25 heavy (non-hydrogen) atoms. The molecule has 0 aliphatic rings. The van der Waals surface area contributed by atoms with Gasteiger partial charge in [0.05, 0.1) is 18.3 Å². The van der Waals surface area contributed by atoms with Gasteiger partial charge in [0.25, 0.3) is 0 Å². The van der Waals surface area contributed by atoms with Crippen molar-refractivity contribution in [2.24, 2.45) is 5.22 Å². The molecule has 8 nitrogen and oxygen atoms in total. The van der Waals surface area contributed by atoms with E-state index in [-0.39, 0.29) is 0 Å². The third-order valence-electron chi connectivity index (χ3n) is 3.42. The third kappa shape index (κ3) is 3.72. The lowest BCUT2D eigenvalue weighted by Crippen LogP contribution is -2.11. The number of methoxy groups -OCH3 is 1. The lowest BCUT2D eigenvalue weighted by Gasteiger charge is -2.14. The summed E-state index contributed by atoms with van der Waals surface area (Å²) >= 11 is 3.42. The topological polar surface area (TPSA) is 110 Å². The first-order valence-corrected chi connectivity index (χ1v) is 7.98. The van der Waals surface area contributed by atoms with Gasteiger partial charge in [0, 0.05) is 33.9 Å². The summed E-state index contributed by atoms with van der Waals surface area (Å²) in [6.07, 6.45) is 2.68. The van der Waals surface area contributed by atoms with Crippen molar-refractivity contribution in [3.8, 4) is 5.75 Å². The predicted molar refractivity (Wildman–Crippen MR) is 99.9 cm³/mol. The van der Waals surface area contributed by atoms with Crippen LogP contribution in [0.1, 0.15) is 0 Å². The lowest BCUT2D eigenvalue weighted by atomic mass is 10.2. The van der Waals surface area contributed by atoms with Crippen molar-refractivity contribution in [2.75, 3.05) is 17.4 Å². The molecule has 0 radical (unpaired) electrons. The molecule has 0 spiro atoms. The van der Waals surface area contributed by atoms with E-state index in [1.165, 1.54) is 0 Å². The number of aromatic nitrogens is 2. The summed E-state index contributed by atoms with van der Waals surface area (Å²) in [5.74, 6) is 0.985. The van der Waals surface area contributed by atoms with E-state index < -0.39 is 0 Å². The maximum atomic E-state index is 7.32. The normalized spacial score (nSPS) is 10.3. The molecule has 1 heterocycles. The van der Waals surface area contributed by atoms with Crippen molar-refractivity contribution >= 4 is 50.5 Å². The van der Waals surface area contributed by atoms with Gasteiger partial charge in [0.15, 0.2) is 0 Å². The molecule has 0 aliphatic carbocycles. The van der Waals surface area contributed by atoms with Crippen LogP contribution < -0.4 is 15.1 Å². The van der Waals surface area contributed by atoms with Gasteiger partial charge in [-0.3, -0.25) is 5.41 Å². The van der Waals surface area contributed by atoms with Gasteiger partial charge in [-0.25, -0.2) is 15.0 Å². The minimum Gasteiger partial charge on any atom is -0.497 e. The second-order valence-corrected chi connectivity index (χ2v) is 5.93. The second-order valence-electron chi connectivity index (χ2n) is 5.02. The number of nitrogens with one attached hydrogen (secondary N) is 3. The highest BCUT2D eigenvalue weighted by Gasteiger charge is 2.09. The van der Waals surface area contributed by atoms with Crippen LogP contribution >= 0.6 is 15.9 Å². The summed E-state index contributed by atoms with van der Waals surface area (Å²) < 4.78 is 6.23. The predicted octanol–water partition coefficient (Wildman–Crippen LogP) is 4.50. The number of anilines is 3. The molecule has 126 valence electrons. The Bertz CT molecular complexity index is 939. The number of hydrogen-bond donors (Lipinski definition) is 3. The number of rotatable bonds is 6. The Morgan fingerprint density at radius 2 is 2.12 bits per heavy atom. The Labute approximate surface area is 152 Å². The highest BCUT2D eigenvalue weighted by Crippen LogP contribution is 2.28. The number of nitrogens with zero attached hydrogens (tertiary/aromatic N) is 4. The maximum Gasteiger partial charge on any atom is 0.227 e. The summed E-state index contributed by atoms with van der Waals surface area (Å²) in [5, 5.41) is 15.7. The third-order valence-corrected chi connectivity index (χ3v) is 3.91. The van der Waals surface area contributed by atoms with Crippen LogP contribution in [-0.2, 0) is 0 Å². The number of ether oxygens (including phenoxy) is 1. The number of fused-ring (bicyclic) bond motifs is 1. The summed E-state index contributed by atoms with van der Waals surface area (Å²) in [6.45, 7) is 0. The molecule has 0 saturated heterocycles. The van der Waals surface area contributed by atoms with Crippen LogP contribution in [0.25, 0.3) is 10.9 Å². The van der Waals surface area contributed by atoms with Gasteiger partial charge in [-0.1, -0.05) is 21.2 Å². The second kappa shape index (κ2) is 7.22. The van der Waals surface area contributed by atoms with Crippen LogP contribution in [0.15, 0.2) is 52.3 Å². The van der Waals surface area contributed by atoms with Gasteiger partial charge in [-0.2, -0.15) is 5.53 Å². The van der Waals surface area contributed by atoms with Crippen molar-refractivity contribution < 1.29 is 4.74 Å². The van der Waals surface area contributed by atoms with E-state index in [0.717, 1.165) is 26.7 Å². The first-order chi connectivity index (χ1) is 12.1. The van der Waals surface area contributed by atoms with Gasteiger partial charge >= 0.3 is 0 Å². The molecule has 0 unspecified atom stereocenters. The molecule has 3 aromatic rings. The van der Waals surface area contributed by atoms with Crippen LogP contribution in [0, 0.1) is 10.9 Å². The molecular weight excluding hydrogens is 386 g/mol. The fourth-order valence-corrected chi connectivity index (χ4v) is 2.64. The molecule has 0 aliphatic heterocycles. The van der Waals surface area contributed by atoms with Crippen LogP contribution in [0.2, 0.25) is 0 Å². The average Bonchev–Trinajstić information content (AvgIpc) is 2.62. The number of hydrogen-bond acceptors (Lipinski definition) is 7. The van der Waals surface area contributed by atoms with Crippen LogP contribution in [0.3, 0.4) is 0 Å². The summed E-state index contributed by atoms with van der Waals surface area (Å²) in [4.78, 5) is 8.79. The fraction of sp³-hybridized carbons (Fsp3) is 0.0625. The van der Waals surface area contributed by atoms with E-state index in [0.29, 0.717) is 23.1 Å². The monoisotopic (exact) mass is 399 g/mol. The Kier molecular flexibility index (Phi) is 4.85. The zero-order chi connectivity index (χ0) is 17.8. The van der Waals surface area contributed by atoms with E-state index in [1.807, 2.05) is 18.2 Å². The molecule has 1 aromatic heterocycles. The van der Waals surface area contributed by atoms with Crippen molar-refractivity contribution in [2.45, 2.75) is 0 Å². The zero-order valence-electron chi connectivity index (χ0n) is 13.2. The Balaban J connectivity index is 1.96. The largest absolute Gasteiger partial charge is 0.497 e. The number of halogens is 1. The first kappa shape index (κ1) is 16.8. The van der Waals surface area contributed by atoms with Crippen molar-refractivity contribution in [3.63, 3.8) is 0 Å². The van der Waals surface area contributed by atoms with Gasteiger partial charge in [0.1, 0.15) is 12.1 Å². The molecule has 0 saturated carbocycles. The average molecular weight is 400 g/mol. The molecule has 0 bridgehead atoms. The van der Waals surface area contributed by atoms with Crippen molar-refractivity contribution in [1.82, 2.24) is 9.97 Å². The summed E-state index contributed by atoms with van der Waals surface area (Å²) in [5.41, 5.74) is 9.11. The van der Waals surface area contributed by atoms with E-state index in [4.69, 9.17) is 15.7 Å². The van der Waals surface area contributed by atoms with E-state index >= 15 is 0 Å². The number of benzene rings is 2. The smallest absolute Gasteiger partial charge is 0.227 e. The first-order valence-electron chi connectivity index (χ1n) is 7.18. The van der Waals surface area contributed by atoms with Gasteiger partial charge in [-0.05, 0) is 24.3 Å². The Hall–Kier alpha value is -3.07. The molecule has 0 amide bonds. The fourth-order valence-electron chi connectivity index (χ4n) is 2.26. The van der Waals surface area contributed by atoms with Gasteiger partial charge in [-0.15, -0.1) is 0 Å². The Morgan fingerprint density at radius 1 is 1.28 bits per heavy atom. The molecule has 9 heteroatoms.